The van der Waals surface area contributed by atoms with Crippen LogP contribution in [0.4, 0.5) is 13.2 Å². The molecule has 0 fully saturated rings. The highest BCUT2D eigenvalue weighted by atomic mass is 19.4. The standard InChI is InChI=1S/C10H7F3O3/c1-5-2-3-7-6(4-5)9(15,8(14)16-7)10(11,12)13/h2-4,15H,1H3. The summed E-state index contributed by atoms with van der Waals surface area (Å²) < 4.78 is 42.4. The van der Waals surface area contributed by atoms with Crippen molar-refractivity contribution in [2.24, 2.45) is 0 Å². The molecule has 0 saturated carbocycles. The third-order valence-corrected chi connectivity index (χ3v) is 2.43. The van der Waals surface area contributed by atoms with Gasteiger partial charge in [-0.15, -0.1) is 0 Å². The molecule has 0 amide bonds. The van der Waals surface area contributed by atoms with Gasteiger partial charge >= 0.3 is 12.1 Å². The summed E-state index contributed by atoms with van der Waals surface area (Å²) in [6.45, 7) is 1.56. The maximum atomic E-state index is 12.7. The van der Waals surface area contributed by atoms with Crippen molar-refractivity contribution < 1.29 is 27.8 Å². The topological polar surface area (TPSA) is 46.5 Å². The predicted octanol–water partition coefficient (Wildman–Crippen LogP) is 1.66. The third-order valence-electron chi connectivity index (χ3n) is 2.43. The van der Waals surface area contributed by atoms with Gasteiger partial charge in [0.2, 0.25) is 0 Å². The summed E-state index contributed by atoms with van der Waals surface area (Å²) in [7, 11) is 0. The van der Waals surface area contributed by atoms with Gasteiger partial charge in [-0.25, -0.2) is 4.79 Å². The Balaban J connectivity index is 2.67. The minimum Gasteiger partial charge on any atom is -0.423 e. The lowest BCUT2D eigenvalue weighted by Crippen LogP contribution is -2.47. The third kappa shape index (κ3) is 1.23. The van der Waals surface area contributed by atoms with Gasteiger partial charge in [0.25, 0.3) is 5.60 Å². The first kappa shape index (κ1) is 10.9. The summed E-state index contributed by atoms with van der Waals surface area (Å²) in [4.78, 5) is 11.1. The van der Waals surface area contributed by atoms with E-state index in [4.69, 9.17) is 0 Å². The van der Waals surface area contributed by atoms with Crippen LogP contribution in [0.15, 0.2) is 18.2 Å². The molecule has 1 aliphatic heterocycles. The largest absolute Gasteiger partial charge is 0.432 e. The first-order chi connectivity index (χ1) is 7.26. The highest BCUT2D eigenvalue weighted by Crippen LogP contribution is 2.48. The van der Waals surface area contributed by atoms with E-state index >= 15 is 0 Å². The van der Waals surface area contributed by atoms with E-state index in [2.05, 4.69) is 4.74 Å². The number of benzene rings is 1. The van der Waals surface area contributed by atoms with E-state index in [1.807, 2.05) is 0 Å². The van der Waals surface area contributed by atoms with Crippen molar-refractivity contribution in [2.45, 2.75) is 18.7 Å². The molecular weight excluding hydrogens is 225 g/mol. The van der Waals surface area contributed by atoms with E-state index in [-0.39, 0.29) is 5.75 Å². The average Bonchev–Trinajstić information content (AvgIpc) is 2.41. The van der Waals surface area contributed by atoms with Gasteiger partial charge in [-0.1, -0.05) is 11.6 Å². The quantitative estimate of drug-likeness (QED) is 0.546. The molecule has 1 atom stereocenters. The number of carbonyl (C=O) groups excluding carboxylic acids is 1. The zero-order valence-electron chi connectivity index (χ0n) is 8.13. The molecule has 1 aromatic carbocycles. The fourth-order valence-electron chi connectivity index (χ4n) is 1.57. The van der Waals surface area contributed by atoms with Crippen molar-refractivity contribution in [2.75, 3.05) is 0 Å². The second kappa shape index (κ2) is 2.98. The lowest BCUT2D eigenvalue weighted by molar-refractivity contribution is -0.258. The Kier molecular flexibility index (Phi) is 2.03. The van der Waals surface area contributed by atoms with Gasteiger partial charge in [-0.3, -0.25) is 0 Å². The van der Waals surface area contributed by atoms with Crippen LogP contribution in [0.25, 0.3) is 0 Å². The van der Waals surface area contributed by atoms with E-state index in [9.17, 15) is 23.1 Å². The molecule has 0 aromatic heterocycles. The molecule has 1 aromatic rings. The number of carbonyl (C=O) groups is 1. The van der Waals surface area contributed by atoms with Crippen LogP contribution in [0.3, 0.4) is 0 Å². The Labute approximate surface area is 88.5 Å². The van der Waals surface area contributed by atoms with Gasteiger partial charge in [0.15, 0.2) is 0 Å². The minimum atomic E-state index is -5.09. The number of hydrogen-bond donors (Lipinski definition) is 1. The number of alkyl halides is 3. The lowest BCUT2D eigenvalue weighted by Gasteiger charge is -2.22. The Hall–Kier alpha value is -1.56. The predicted molar refractivity (Wildman–Crippen MR) is 46.8 cm³/mol. The summed E-state index contributed by atoms with van der Waals surface area (Å²) >= 11 is 0. The number of aliphatic hydroxyl groups is 1. The Morgan fingerprint density at radius 2 is 2.00 bits per heavy atom. The van der Waals surface area contributed by atoms with Gasteiger partial charge < -0.3 is 9.84 Å². The van der Waals surface area contributed by atoms with Crippen LogP contribution in [0.2, 0.25) is 0 Å². The maximum absolute atomic E-state index is 12.7. The Morgan fingerprint density at radius 3 is 2.56 bits per heavy atom. The number of fused-ring (bicyclic) bond motifs is 1. The van der Waals surface area contributed by atoms with Crippen LogP contribution in [-0.4, -0.2) is 17.3 Å². The van der Waals surface area contributed by atoms with Crippen LogP contribution in [0, 0.1) is 6.92 Å². The summed E-state index contributed by atoms with van der Waals surface area (Å²) in [6.07, 6.45) is -5.09. The van der Waals surface area contributed by atoms with E-state index in [1.165, 1.54) is 12.1 Å². The number of halogens is 3. The summed E-state index contributed by atoms with van der Waals surface area (Å²) in [5.41, 5.74) is -3.60. The summed E-state index contributed by atoms with van der Waals surface area (Å²) in [5, 5.41) is 9.47. The van der Waals surface area contributed by atoms with Crippen molar-refractivity contribution in [3.05, 3.63) is 29.3 Å². The van der Waals surface area contributed by atoms with Crippen molar-refractivity contribution in [3.8, 4) is 5.75 Å². The molecule has 0 bridgehead atoms. The van der Waals surface area contributed by atoms with Crippen LogP contribution in [-0.2, 0) is 10.4 Å². The highest BCUT2D eigenvalue weighted by Gasteiger charge is 2.66. The SMILES string of the molecule is Cc1ccc2c(c1)C(O)(C(F)(F)F)C(=O)O2. The molecule has 86 valence electrons. The number of esters is 1. The zero-order valence-corrected chi connectivity index (χ0v) is 8.13. The van der Waals surface area contributed by atoms with Crippen LogP contribution in [0.1, 0.15) is 11.1 Å². The molecule has 0 radical (unpaired) electrons. The molecule has 0 saturated heterocycles. The van der Waals surface area contributed by atoms with E-state index in [0.29, 0.717) is 5.56 Å². The van der Waals surface area contributed by atoms with Gasteiger partial charge in [0.05, 0.1) is 0 Å². The van der Waals surface area contributed by atoms with Crippen molar-refractivity contribution in [1.82, 2.24) is 0 Å². The molecule has 1 aliphatic rings. The summed E-state index contributed by atoms with van der Waals surface area (Å²) in [6, 6.07) is 3.81. The van der Waals surface area contributed by atoms with Crippen molar-refractivity contribution in [1.29, 1.82) is 0 Å². The van der Waals surface area contributed by atoms with E-state index in [0.717, 1.165) is 6.07 Å². The first-order valence-corrected chi connectivity index (χ1v) is 4.39. The minimum absolute atomic E-state index is 0.254. The van der Waals surface area contributed by atoms with Crippen LogP contribution >= 0.6 is 0 Å². The molecule has 1 N–H and O–H groups in total. The Bertz CT molecular complexity index is 467. The summed E-state index contributed by atoms with van der Waals surface area (Å²) in [5.74, 6) is -1.96. The molecule has 1 heterocycles. The molecule has 16 heavy (non-hydrogen) atoms. The van der Waals surface area contributed by atoms with E-state index < -0.39 is 23.3 Å². The molecule has 2 rings (SSSR count). The van der Waals surface area contributed by atoms with Gasteiger partial charge in [-0.2, -0.15) is 13.2 Å². The molecule has 0 spiro atoms. The van der Waals surface area contributed by atoms with Crippen molar-refractivity contribution in [3.63, 3.8) is 0 Å². The number of rotatable bonds is 0. The number of hydrogen-bond acceptors (Lipinski definition) is 3. The second-order valence-electron chi connectivity index (χ2n) is 3.60. The smallest absolute Gasteiger partial charge is 0.423 e. The Morgan fingerprint density at radius 1 is 1.38 bits per heavy atom. The van der Waals surface area contributed by atoms with Crippen LogP contribution < -0.4 is 4.74 Å². The fourth-order valence-corrected chi connectivity index (χ4v) is 1.57. The molecule has 6 heteroatoms. The van der Waals surface area contributed by atoms with Gasteiger partial charge in [-0.05, 0) is 19.1 Å². The fraction of sp³-hybridized carbons (Fsp3) is 0.300. The molecular formula is C10H7F3O3. The van der Waals surface area contributed by atoms with Crippen molar-refractivity contribution >= 4 is 5.97 Å². The second-order valence-corrected chi connectivity index (χ2v) is 3.60. The molecule has 0 aliphatic carbocycles. The maximum Gasteiger partial charge on any atom is 0.432 e. The number of aryl methyl sites for hydroxylation is 1. The highest BCUT2D eigenvalue weighted by molar-refractivity contribution is 5.89. The van der Waals surface area contributed by atoms with Gasteiger partial charge in [0.1, 0.15) is 5.75 Å². The molecule has 3 nitrogen and oxygen atoms in total. The first-order valence-electron chi connectivity index (χ1n) is 4.39. The molecule has 1 unspecified atom stereocenters. The normalized spacial score (nSPS) is 24.2. The monoisotopic (exact) mass is 232 g/mol. The van der Waals surface area contributed by atoms with E-state index in [1.54, 1.807) is 6.92 Å². The zero-order chi connectivity index (χ0) is 12.1. The average molecular weight is 232 g/mol. The number of ether oxygens (including phenoxy) is 1. The van der Waals surface area contributed by atoms with Gasteiger partial charge in [0, 0.05) is 5.56 Å². The lowest BCUT2D eigenvalue weighted by atomic mass is 9.93. The van der Waals surface area contributed by atoms with Crippen LogP contribution in [0.5, 0.6) is 5.75 Å².